The Morgan fingerprint density at radius 1 is 1.00 bits per heavy atom. The highest BCUT2D eigenvalue weighted by Crippen LogP contribution is 2.18. The highest BCUT2D eigenvalue weighted by Gasteiger charge is 2.06. The van der Waals surface area contributed by atoms with Crippen molar-refractivity contribution in [1.29, 1.82) is 0 Å². The predicted molar refractivity (Wildman–Crippen MR) is 73.1 cm³/mol. The molecule has 2 aromatic rings. The van der Waals surface area contributed by atoms with Gasteiger partial charge in [-0.2, -0.15) is 0 Å². The first-order chi connectivity index (χ1) is 9.10. The summed E-state index contributed by atoms with van der Waals surface area (Å²) in [7, 11) is 0. The van der Waals surface area contributed by atoms with Crippen LogP contribution in [0.5, 0.6) is 0 Å². The lowest BCUT2D eigenvalue weighted by Crippen LogP contribution is -2.09. The van der Waals surface area contributed by atoms with E-state index >= 15 is 0 Å². The van der Waals surface area contributed by atoms with Crippen LogP contribution in [0, 0.1) is 11.6 Å². The van der Waals surface area contributed by atoms with E-state index in [2.05, 4.69) is 13.0 Å². The van der Waals surface area contributed by atoms with Crippen molar-refractivity contribution in [3.63, 3.8) is 0 Å². The van der Waals surface area contributed by atoms with Crippen molar-refractivity contribution in [2.75, 3.05) is 6.54 Å². The van der Waals surface area contributed by atoms with E-state index in [9.17, 15) is 8.78 Å². The fourth-order valence-corrected chi connectivity index (χ4v) is 2.03. The number of rotatable bonds is 4. The lowest BCUT2D eigenvalue weighted by Gasteiger charge is -2.11. The summed E-state index contributed by atoms with van der Waals surface area (Å²) in [5.41, 5.74) is 8.65. The van der Waals surface area contributed by atoms with Crippen LogP contribution in [0.1, 0.15) is 29.5 Å². The van der Waals surface area contributed by atoms with E-state index < -0.39 is 11.6 Å². The zero-order valence-electron chi connectivity index (χ0n) is 10.9. The molecule has 3 heteroatoms. The molecule has 100 valence electrons. The van der Waals surface area contributed by atoms with Crippen molar-refractivity contribution in [3.8, 4) is 0 Å². The minimum Gasteiger partial charge on any atom is -0.330 e. The summed E-state index contributed by atoms with van der Waals surface area (Å²) in [6.45, 7) is 2.66. The molecular formula is C16H17F2N. The molecule has 1 unspecified atom stereocenters. The molecule has 0 saturated carbocycles. The Kier molecular flexibility index (Phi) is 4.27. The quantitative estimate of drug-likeness (QED) is 0.893. The Hall–Kier alpha value is -1.74. The summed E-state index contributed by atoms with van der Waals surface area (Å²) in [6.07, 6.45) is 0.586. The van der Waals surface area contributed by atoms with Crippen LogP contribution in [0.2, 0.25) is 0 Å². The van der Waals surface area contributed by atoms with Crippen molar-refractivity contribution in [1.82, 2.24) is 0 Å². The van der Waals surface area contributed by atoms with Gasteiger partial charge in [0.25, 0.3) is 0 Å². The summed E-state index contributed by atoms with van der Waals surface area (Å²) in [5, 5.41) is 0. The largest absolute Gasteiger partial charge is 0.330 e. The lowest BCUT2D eigenvalue weighted by atomic mass is 9.96. The maximum atomic E-state index is 13.2. The van der Waals surface area contributed by atoms with Gasteiger partial charge < -0.3 is 5.73 Å². The molecule has 1 nitrogen and oxygen atoms in total. The first kappa shape index (κ1) is 13.7. The molecule has 2 rings (SSSR count). The first-order valence-electron chi connectivity index (χ1n) is 6.33. The van der Waals surface area contributed by atoms with Crippen molar-refractivity contribution in [2.45, 2.75) is 19.3 Å². The van der Waals surface area contributed by atoms with Gasteiger partial charge in [0.15, 0.2) is 11.6 Å². The van der Waals surface area contributed by atoms with Crippen LogP contribution in [0.15, 0.2) is 42.5 Å². The van der Waals surface area contributed by atoms with E-state index in [-0.39, 0.29) is 0 Å². The molecule has 0 aliphatic carbocycles. The van der Waals surface area contributed by atoms with Crippen molar-refractivity contribution >= 4 is 0 Å². The van der Waals surface area contributed by atoms with Gasteiger partial charge in [0.1, 0.15) is 0 Å². The third-order valence-corrected chi connectivity index (χ3v) is 3.27. The van der Waals surface area contributed by atoms with Crippen LogP contribution in [0.4, 0.5) is 8.78 Å². The van der Waals surface area contributed by atoms with Gasteiger partial charge >= 0.3 is 0 Å². The molecule has 0 aliphatic heterocycles. The second-order valence-electron chi connectivity index (χ2n) is 4.81. The predicted octanol–water partition coefficient (Wildman–Crippen LogP) is 3.62. The van der Waals surface area contributed by atoms with Gasteiger partial charge in [-0.05, 0) is 47.7 Å². The summed E-state index contributed by atoms with van der Waals surface area (Å²) < 4.78 is 26.0. The second kappa shape index (κ2) is 5.93. The summed E-state index contributed by atoms with van der Waals surface area (Å²) in [4.78, 5) is 0. The van der Waals surface area contributed by atoms with Crippen LogP contribution >= 0.6 is 0 Å². The van der Waals surface area contributed by atoms with Gasteiger partial charge in [-0.25, -0.2) is 8.78 Å². The van der Waals surface area contributed by atoms with Crippen molar-refractivity contribution in [3.05, 3.63) is 70.8 Å². The number of hydrogen-bond donors (Lipinski definition) is 1. The molecule has 0 aliphatic rings. The molecule has 0 spiro atoms. The zero-order chi connectivity index (χ0) is 13.8. The Balaban J connectivity index is 2.20. The van der Waals surface area contributed by atoms with Crippen LogP contribution in [0.3, 0.4) is 0 Å². The normalized spacial score (nSPS) is 12.4. The van der Waals surface area contributed by atoms with E-state index in [1.54, 1.807) is 6.07 Å². The average Bonchev–Trinajstić information content (AvgIpc) is 2.42. The number of halogens is 2. The topological polar surface area (TPSA) is 26.0 Å². The number of benzene rings is 2. The molecule has 19 heavy (non-hydrogen) atoms. The summed E-state index contributed by atoms with van der Waals surface area (Å²) in [6, 6.07) is 12.1. The molecule has 2 N–H and O–H groups in total. The lowest BCUT2D eigenvalue weighted by molar-refractivity contribution is 0.507. The smallest absolute Gasteiger partial charge is 0.159 e. The average molecular weight is 261 g/mol. The molecule has 0 radical (unpaired) electrons. The van der Waals surface area contributed by atoms with E-state index in [0.29, 0.717) is 18.9 Å². The summed E-state index contributed by atoms with van der Waals surface area (Å²) in [5.74, 6) is -1.32. The van der Waals surface area contributed by atoms with Crippen LogP contribution < -0.4 is 5.73 Å². The minimum absolute atomic E-state index is 0.296. The van der Waals surface area contributed by atoms with Crippen molar-refractivity contribution in [2.24, 2.45) is 5.73 Å². The third-order valence-electron chi connectivity index (χ3n) is 3.27. The van der Waals surface area contributed by atoms with Gasteiger partial charge in [-0.15, -0.1) is 0 Å². The van der Waals surface area contributed by atoms with Crippen LogP contribution in [-0.4, -0.2) is 6.54 Å². The molecule has 0 aromatic heterocycles. The van der Waals surface area contributed by atoms with E-state index in [4.69, 9.17) is 5.73 Å². The van der Waals surface area contributed by atoms with Crippen LogP contribution in [-0.2, 0) is 6.42 Å². The zero-order valence-corrected chi connectivity index (χ0v) is 10.9. The summed E-state index contributed by atoms with van der Waals surface area (Å²) >= 11 is 0. The third kappa shape index (κ3) is 3.38. The highest BCUT2D eigenvalue weighted by molar-refractivity contribution is 5.31. The second-order valence-corrected chi connectivity index (χ2v) is 4.81. The Morgan fingerprint density at radius 2 is 1.74 bits per heavy atom. The van der Waals surface area contributed by atoms with E-state index in [1.807, 2.05) is 18.2 Å². The first-order valence-corrected chi connectivity index (χ1v) is 6.33. The molecule has 0 fully saturated rings. The fraction of sp³-hybridized carbons (Fsp3) is 0.250. The Morgan fingerprint density at radius 3 is 2.42 bits per heavy atom. The minimum atomic E-state index is -0.811. The molecule has 0 amide bonds. The molecule has 0 saturated heterocycles. The Labute approximate surface area is 112 Å². The number of nitrogens with two attached hydrogens (primary N) is 1. The van der Waals surface area contributed by atoms with E-state index in [0.717, 1.165) is 17.2 Å². The fourth-order valence-electron chi connectivity index (χ4n) is 2.03. The van der Waals surface area contributed by atoms with E-state index in [1.165, 1.54) is 11.6 Å². The standard InChI is InChI=1S/C16H17F2N/c1-11(10-19)14-4-2-3-12(8-14)7-13-5-6-15(17)16(18)9-13/h2-6,8-9,11H,7,10,19H2,1H3. The van der Waals surface area contributed by atoms with Gasteiger partial charge in [-0.1, -0.05) is 37.3 Å². The maximum Gasteiger partial charge on any atom is 0.159 e. The van der Waals surface area contributed by atoms with Gasteiger partial charge in [0.2, 0.25) is 0 Å². The highest BCUT2D eigenvalue weighted by atomic mass is 19.2. The SMILES string of the molecule is CC(CN)c1cccc(Cc2ccc(F)c(F)c2)c1. The maximum absolute atomic E-state index is 13.2. The molecule has 1 atom stereocenters. The molecule has 2 aromatic carbocycles. The van der Waals surface area contributed by atoms with Crippen molar-refractivity contribution < 1.29 is 8.78 Å². The molecule has 0 heterocycles. The van der Waals surface area contributed by atoms with Crippen LogP contribution in [0.25, 0.3) is 0 Å². The number of hydrogen-bond acceptors (Lipinski definition) is 1. The molecule has 0 bridgehead atoms. The molecular weight excluding hydrogens is 244 g/mol. The monoisotopic (exact) mass is 261 g/mol. The van der Waals surface area contributed by atoms with Gasteiger partial charge in [0.05, 0.1) is 0 Å². The van der Waals surface area contributed by atoms with Gasteiger partial charge in [0, 0.05) is 0 Å². The van der Waals surface area contributed by atoms with Gasteiger partial charge in [-0.3, -0.25) is 0 Å². The Bertz CT molecular complexity index is 566.